The number of hydrogen-bond donors (Lipinski definition) is 0. The monoisotopic (exact) mass is 478 g/mol. The van der Waals surface area contributed by atoms with Gasteiger partial charge in [0.15, 0.2) is 11.5 Å². The van der Waals surface area contributed by atoms with Gasteiger partial charge in [-0.1, -0.05) is 109 Å². The Balaban J connectivity index is 1.74. The van der Waals surface area contributed by atoms with Crippen LogP contribution in [0.4, 0.5) is 0 Å². The van der Waals surface area contributed by atoms with E-state index in [0.717, 1.165) is 30.4 Å². The van der Waals surface area contributed by atoms with E-state index < -0.39 is 7.82 Å². The lowest BCUT2D eigenvalue weighted by Gasteiger charge is -2.16. The largest absolute Gasteiger partial charge is 0.547 e. The van der Waals surface area contributed by atoms with Crippen molar-refractivity contribution < 1.29 is 28.2 Å². The Bertz CT molecular complexity index is 753. The Kier molecular flexibility index (Phi) is 13.2. The van der Waals surface area contributed by atoms with Gasteiger partial charge in [-0.3, -0.25) is 4.52 Å². The second kappa shape index (κ2) is 15.9. The SMILES string of the molecule is CCCCCCCCCCCCOP(=O)(OOc1ccc(C)cc1)OOc1ccc(C)cc1. The highest BCUT2D eigenvalue weighted by atomic mass is 31.2. The maximum Gasteiger partial charge on any atom is 0.547 e. The minimum absolute atomic E-state index is 0.224. The summed E-state index contributed by atoms with van der Waals surface area (Å²) in [6.07, 6.45) is 11.9. The van der Waals surface area contributed by atoms with Gasteiger partial charge in [-0.2, -0.15) is 0 Å². The molecule has 0 aromatic heterocycles. The molecule has 0 atom stereocenters. The highest BCUT2D eigenvalue weighted by Gasteiger charge is 2.32. The molecule has 0 unspecified atom stereocenters. The first kappa shape index (κ1) is 27.4. The molecular weight excluding hydrogens is 439 g/mol. The molecule has 2 rings (SSSR count). The molecule has 7 heteroatoms. The van der Waals surface area contributed by atoms with E-state index in [-0.39, 0.29) is 6.61 Å². The van der Waals surface area contributed by atoms with Crippen molar-refractivity contribution in [2.75, 3.05) is 6.61 Å². The highest BCUT2D eigenvalue weighted by molar-refractivity contribution is 7.48. The lowest BCUT2D eigenvalue weighted by atomic mass is 10.1. The van der Waals surface area contributed by atoms with E-state index in [0.29, 0.717) is 11.5 Å². The molecule has 0 N–H and O–H groups in total. The summed E-state index contributed by atoms with van der Waals surface area (Å²) in [5.74, 6) is 0.782. The Labute approximate surface area is 199 Å². The zero-order valence-electron chi connectivity index (χ0n) is 20.3. The Morgan fingerprint density at radius 1 is 0.606 bits per heavy atom. The van der Waals surface area contributed by atoms with E-state index in [4.69, 9.17) is 23.6 Å². The maximum absolute atomic E-state index is 13.0. The van der Waals surface area contributed by atoms with Crippen LogP contribution in [0.15, 0.2) is 48.5 Å². The van der Waals surface area contributed by atoms with Gasteiger partial charge >= 0.3 is 7.82 Å². The zero-order valence-corrected chi connectivity index (χ0v) is 21.2. The van der Waals surface area contributed by atoms with Gasteiger partial charge in [0.1, 0.15) is 0 Å². The van der Waals surface area contributed by atoms with E-state index in [9.17, 15) is 4.57 Å². The second-order valence-corrected chi connectivity index (χ2v) is 9.86. The van der Waals surface area contributed by atoms with E-state index in [1.165, 1.54) is 44.9 Å². The van der Waals surface area contributed by atoms with Gasteiger partial charge in [0.2, 0.25) is 0 Å². The Morgan fingerprint density at radius 2 is 1.00 bits per heavy atom. The predicted molar refractivity (Wildman–Crippen MR) is 131 cm³/mol. The summed E-state index contributed by atoms with van der Waals surface area (Å²) in [5, 5.41) is 0. The van der Waals surface area contributed by atoms with Crippen LogP contribution in [-0.2, 0) is 18.4 Å². The molecule has 2 aromatic rings. The van der Waals surface area contributed by atoms with Crippen molar-refractivity contribution in [1.82, 2.24) is 0 Å². The number of benzene rings is 2. The van der Waals surface area contributed by atoms with Crippen LogP contribution in [0.25, 0.3) is 0 Å². The van der Waals surface area contributed by atoms with Crippen LogP contribution in [0.3, 0.4) is 0 Å². The van der Waals surface area contributed by atoms with Crippen LogP contribution in [0, 0.1) is 13.8 Å². The first-order valence-corrected chi connectivity index (χ1v) is 13.6. The molecule has 0 amide bonds. The van der Waals surface area contributed by atoms with Crippen molar-refractivity contribution in [3.05, 3.63) is 59.7 Å². The van der Waals surface area contributed by atoms with Gasteiger partial charge in [-0.15, -0.1) is 0 Å². The fourth-order valence-electron chi connectivity index (χ4n) is 3.19. The third kappa shape index (κ3) is 12.3. The van der Waals surface area contributed by atoms with Crippen molar-refractivity contribution in [3.8, 4) is 11.5 Å². The van der Waals surface area contributed by atoms with Crippen LogP contribution in [-0.4, -0.2) is 6.61 Å². The van der Waals surface area contributed by atoms with Crippen molar-refractivity contribution in [3.63, 3.8) is 0 Å². The molecule has 0 saturated carbocycles. The molecular formula is C26H39O6P. The lowest BCUT2D eigenvalue weighted by Crippen LogP contribution is -2.07. The van der Waals surface area contributed by atoms with E-state index >= 15 is 0 Å². The highest BCUT2D eigenvalue weighted by Crippen LogP contribution is 2.50. The van der Waals surface area contributed by atoms with Crippen LogP contribution < -0.4 is 9.78 Å². The molecule has 0 aliphatic carbocycles. The number of aryl methyl sites for hydroxylation is 2. The summed E-state index contributed by atoms with van der Waals surface area (Å²) in [7, 11) is -4.10. The molecule has 0 spiro atoms. The van der Waals surface area contributed by atoms with Crippen LogP contribution in [0.1, 0.15) is 82.3 Å². The zero-order chi connectivity index (χ0) is 23.8. The smallest absolute Gasteiger partial charge is 0.327 e. The minimum atomic E-state index is -4.10. The molecule has 6 nitrogen and oxygen atoms in total. The van der Waals surface area contributed by atoms with Gasteiger partial charge in [0.05, 0.1) is 6.61 Å². The summed E-state index contributed by atoms with van der Waals surface area (Å²) >= 11 is 0. The summed E-state index contributed by atoms with van der Waals surface area (Å²) < 4.78 is 28.6. The minimum Gasteiger partial charge on any atom is -0.327 e. The lowest BCUT2D eigenvalue weighted by molar-refractivity contribution is -0.192. The summed E-state index contributed by atoms with van der Waals surface area (Å²) in [4.78, 5) is 10.4. The number of rotatable bonds is 18. The van der Waals surface area contributed by atoms with E-state index in [2.05, 4.69) is 6.92 Å². The number of phosphoric acid groups is 1. The van der Waals surface area contributed by atoms with E-state index in [1.807, 2.05) is 38.1 Å². The average molecular weight is 479 g/mol. The molecule has 2 aromatic carbocycles. The van der Waals surface area contributed by atoms with Crippen molar-refractivity contribution in [1.29, 1.82) is 0 Å². The van der Waals surface area contributed by atoms with Crippen LogP contribution >= 0.6 is 7.82 Å². The van der Waals surface area contributed by atoms with Crippen LogP contribution in [0.2, 0.25) is 0 Å². The summed E-state index contributed by atoms with van der Waals surface area (Å²) in [6, 6.07) is 14.3. The molecule has 0 aliphatic rings. The number of hydrogen-bond acceptors (Lipinski definition) is 6. The Morgan fingerprint density at radius 3 is 1.42 bits per heavy atom. The normalized spacial score (nSPS) is 11.5. The van der Waals surface area contributed by atoms with Crippen molar-refractivity contribution in [2.24, 2.45) is 0 Å². The molecule has 0 radical (unpaired) electrons. The molecule has 0 heterocycles. The van der Waals surface area contributed by atoms with Gasteiger partial charge in [0, 0.05) is 0 Å². The quantitative estimate of drug-likeness (QED) is 0.0924. The molecule has 0 fully saturated rings. The predicted octanol–water partition coefficient (Wildman–Crippen LogP) is 8.67. The first-order chi connectivity index (χ1) is 16.0. The second-order valence-electron chi connectivity index (χ2n) is 8.40. The van der Waals surface area contributed by atoms with Gasteiger partial charge in [-0.05, 0) is 44.5 Å². The fraction of sp³-hybridized carbons (Fsp3) is 0.538. The molecule has 184 valence electrons. The molecule has 0 saturated heterocycles. The topological polar surface area (TPSA) is 63.2 Å². The van der Waals surface area contributed by atoms with Gasteiger partial charge in [-0.25, -0.2) is 4.57 Å². The fourth-order valence-corrected chi connectivity index (χ4v) is 4.00. The molecule has 0 aliphatic heterocycles. The Hall–Kier alpha value is -1.85. The number of unbranched alkanes of at least 4 members (excludes halogenated alkanes) is 9. The average Bonchev–Trinajstić information content (AvgIpc) is 2.82. The standard InChI is InChI=1S/C26H39O6P/c1-4-5-6-7-8-9-10-11-12-13-22-28-33(27,31-29-25-18-14-23(2)15-19-25)32-30-26-20-16-24(3)17-21-26/h14-21H,4-13,22H2,1-3H3. The van der Waals surface area contributed by atoms with Crippen molar-refractivity contribution in [2.45, 2.75) is 85.0 Å². The summed E-state index contributed by atoms with van der Waals surface area (Å²) in [6.45, 7) is 6.38. The third-order valence-electron chi connectivity index (χ3n) is 5.24. The first-order valence-electron chi connectivity index (χ1n) is 12.1. The van der Waals surface area contributed by atoms with Crippen molar-refractivity contribution >= 4 is 7.82 Å². The maximum atomic E-state index is 13.0. The van der Waals surface area contributed by atoms with Gasteiger partial charge in [0.25, 0.3) is 0 Å². The van der Waals surface area contributed by atoms with Crippen LogP contribution in [0.5, 0.6) is 11.5 Å². The summed E-state index contributed by atoms with van der Waals surface area (Å²) in [5.41, 5.74) is 2.14. The molecule has 33 heavy (non-hydrogen) atoms. The van der Waals surface area contributed by atoms with Gasteiger partial charge < -0.3 is 9.78 Å². The molecule has 0 bridgehead atoms. The third-order valence-corrected chi connectivity index (χ3v) is 6.25. The van der Waals surface area contributed by atoms with E-state index in [1.54, 1.807) is 24.3 Å².